The molecule has 0 aliphatic carbocycles. The molecule has 0 saturated heterocycles. The van der Waals surface area contributed by atoms with Gasteiger partial charge in [0.1, 0.15) is 0 Å². The van der Waals surface area contributed by atoms with Crippen LogP contribution in [0.25, 0.3) is 0 Å². The van der Waals surface area contributed by atoms with Crippen LogP contribution in [0.1, 0.15) is 24.1 Å². The van der Waals surface area contributed by atoms with E-state index in [0.717, 1.165) is 11.1 Å². The predicted molar refractivity (Wildman–Crippen MR) is 52.0 cm³/mol. The first-order valence-corrected chi connectivity index (χ1v) is 4.20. The Hall–Kier alpha value is -1.22. The van der Waals surface area contributed by atoms with Gasteiger partial charge in [-0.05, 0) is 25.5 Å². The Bertz CT molecular complexity index is 308. The zero-order chi connectivity index (χ0) is 10.0. The van der Waals surface area contributed by atoms with Crippen molar-refractivity contribution in [1.29, 1.82) is 0 Å². The van der Waals surface area contributed by atoms with E-state index in [1.165, 1.54) is 7.11 Å². The van der Waals surface area contributed by atoms with Crippen LogP contribution in [0.5, 0.6) is 11.5 Å². The lowest BCUT2D eigenvalue weighted by Gasteiger charge is -2.14. The quantitative estimate of drug-likeness (QED) is 0.730. The van der Waals surface area contributed by atoms with Gasteiger partial charge in [0, 0.05) is 11.6 Å². The third kappa shape index (κ3) is 1.75. The fraction of sp³-hybridized carbons (Fsp3) is 0.400. The summed E-state index contributed by atoms with van der Waals surface area (Å²) in [6, 6.07) is 3.43. The zero-order valence-corrected chi connectivity index (χ0v) is 8.16. The first-order chi connectivity index (χ1) is 6.07. The van der Waals surface area contributed by atoms with Crippen molar-refractivity contribution in [3.63, 3.8) is 0 Å². The van der Waals surface area contributed by atoms with Gasteiger partial charge < -0.3 is 15.6 Å². The molecule has 1 unspecified atom stereocenters. The number of aromatic hydroxyl groups is 1. The molecular formula is C10H15NO2. The Labute approximate surface area is 78.1 Å². The molecule has 0 bridgehead atoms. The highest BCUT2D eigenvalue weighted by Gasteiger charge is 2.13. The van der Waals surface area contributed by atoms with Gasteiger partial charge in [-0.25, -0.2) is 0 Å². The van der Waals surface area contributed by atoms with Gasteiger partial charge in [-0.15, -0.1) is 0 Å². The maximum absolute atomic E-state index is 9.74. The van der Waals surface area contributed by atoms with Gasteiger partial charge in [-0.2, -0.15) is 0 Å². The molecule has 0 saturated carbocycles. The first-order valence-electron chi connectivity index (χ1n) is 4.20. The number of aryl methyl sites for hydroxylation is 1. The Balaban J connectivity index is 3.30. The first kappa shape index (κ1) is 9.86. The lowest BCUT2D eigenvalue weighted by molar-refractivity contribution is 0.368. The Morgan fingerprint density at radius 3 is 2.54 bits per heavy atom. The second-order valence-electron chi connectivity index (χ2n) is 3.14. The number of methoxy groups -OCH3 is 1. The van der Waals surface area contributed by atoms with Crippen molar-refractivity contribution in [2.45, 2.75) is 19.9 Å². The van der Waals surface area contributed by atoms with Crippen LogP contribution < -0.4 is 10.5 Å². The number of hydrogen-bond donors (Lipinski definition) is 2. The summed E-state index contributed by atoms with van der Waals surface area (Å²) in [4.78, 5) is 0. The summed E-state index contributed by atoms with van der Waals surface area (Å²) in [5.41, 5.74) is 7.45. The van der Waals surface area contributed by atoms with Crippen molar-refractivity contribution < 1.29 is 9.84 Å². The number of rotatable bonds is 2. The van der Waals surface area contributed by atoms with Crippen molar-refractivity contribution in [1.82, 2.24) is 0 Å². The van der Waals surface area contributed by atoms with E-state index < -0.39 is 0 Å². The number of benzene rings is 1. The normalized spacial score (nSPS) is 12.6. The van der Waals surface area contributed by atoms with Gasteiger partial charge in [0.25, 0.3) is 0 Å². The van der Waals surface area contributed by atoms with Gasteiger partial charge in [0.2, 0.25) is 0 Å². The van der Waals surface area contributed by atoms with Crippen LogP contribution in [-0.4, -0.2) is 12.2 Å². The second kappa shape index (κ2) is 3.66. The van der Waals surface area contributed by atoms with Crippen LogP contribution in [0.4, 0.5) is 0 Å². The smallest absolute Gasteiger partial charge is 0.162 e. The van der Waals surface area contributed by atoms with Gasteiger partial charge in [-0.1, -0.05) is 6.07 Å². The van der Waals surface area contributed by atoms with Crippen LogP contribution in [0.3, 0.4) is 0 Å². The maximum atomic E-state index is 9.74. The monoisotopic (exact) mass is 181 g/mol. The molecule has 3 N–H and O–H groups in total. The largest absolute Gasteiger partial charge is 0.504 e. The van der Waals surface area contributed by atoms with E-state index in [1.807, 2.05) is 19.9 Å². The summed E-state index contributed by atoms with van der Waals surface area (Å²) in [6.07, 6.45) is 0. The van der Waals surface area contributed by atoms with E-state index in [9.17, 15) is 5.11 Å². The summed E-state index contributed by atoms with van der Waals surface area (Å²) < 4.78 is 4.99. The average molecular weight is 181 g/mol. The molecule has 0 heterocycles. The topological polar surface area (TPSA) is 55.5 Å². The molecule has 0 aliphatic heterocycles. The minimum Gasteiger partial charge on any atom is -0.504 e. The minimum atomic E-state index is -0.185. The lowest BCUT2D eigenvalue weighted by atomic mass is 10.0. The average Bonchev–Trinajstić information content (AvgIpc) is 2.04. The van der Waals surface area contributed by atoms with Crippen molar-refractivity contribution in [3.05, 3.63) is 23.3 Å². The minimum absolute atomic E-state index is 0.150. The fourth-order valence-corrected chi connectivity index (χ4v) is 1.43. The summed E-state index contributed by atoms with van der Waals surface area (Å²) in [7, 11) is 1.52. The Morgan fingerprint density at radius 1 is 1.46 bits per heavy atom. The molecular weight excluding hydrogens is 166 g/mol. The Kier molecular flexibility index (Phi) is 2.78. The van der Waals surface area contributed by atoms with Crippen molar-refractivity contribution in [2.24, 2.45) is 5.73 Å². The van der Waals surface area contributed by atoms with E-state index in [4.69, 9.17) is 10.5 Å². The highest BCUT2D eigenvalue weighted by Crippen LogP contribution is 2.34. The van der Waals surface area contributed by atoms with Gasteiger partial charge >= 0.3 is 0 Å². The molecule has 0 spiro atoms. The van der Waals surface area contributed by atoms with Crippen molar-refractivity contribution >= 4 is 0 Å². The molecule has 1 rings (SSSR count). The molecule has 72 valence electrons. The Morgan fingerprint density at radius 2 is 2.08 bits per heavy atom. The number of phenols is 1. The summed E-state index contributed by atoms with van der Waals surface area (Å²) in [6.45, 7) is 3.75. The van der Waals surface area contributed by atoms with Gasteiger partial charge in [0.15, 0.2) is 11.5 Å². The molecule has 3 nitrogen and oxygen atoms in total. The van der Waals surface area contributed by atoms with Crippen molar-refractivity contribution in [3.8, 4) is 11.5 Å². The zero-order valence-electron chi connectivity index (χ0n) is 8.16. The molecule has 1 atom stereocenters. The molecule has 3 heteroatoms. The molecule has 1 aromatic carbocycles. The summed E-state index contributed by atoms with van der Waals surface area (Å²) in [5.74, 6) is 0.621. The van der Waals surface area contributed by atoms with Crippen molar-refractivity contribution in [2.75, 3.05) is 7.11 Å². The molecule has 0 aromatic heterocycles. The molecule has 0 fully saturated rings. The molecule has 0 radical (unpaired) electrons. The molecule has 0 amide bonds. The number of nitrogens with two attached hydrogens (primary N) is 1. The number of phenolic OH excluding ortho intramolecular Hbond substituents is 1. The number of ether oxygens (including phenoxy) is 1. The highest BCUT2D eigenvalue weighted by molar-refractivity contribution is 5.50. The third-order valence-electron chi connectivity index (χ3n) is 2.07. The summed E-state index contributed by atoms with van der Waals surface area (Å²) in [5, 5.41) is 9.74. The van der Waals surface area contributed by atoms with Crippen LogP contribution in [0, 0.1) is 6.92 Å². The third-order valence-corrected chi connectivity index (χ3v) is 2.07. The molecule has 1 aromatic rings. The fourth-order valence-electron chi connectivity index (χ4n) is 1.43. The van der Waals surface area contributed by atoms with Gasteiger partial charge in [-0.3, -0.25) is 0 Å². The predicted octanol–water partition coefficient (Wildman–Crippen LogP) is 1.73. The summed E-state index contributed by atoms with van der Waals surface area (Å²) >= 11 is 0. The van der Waals surface area contributed by atoms with E-state index >= 15 is 0 Å². The van der Waals surface area contributed by atoms with Crippen LogP contribution >= 0.6 is 0 Å². The van der Waals surface area contributed by atoms with Crippen LogP contribution in [-0.2, 0) is 0 Å². The second-order valence-corrected chi connectivity index (χ2v) is 3.14. The molecule has 0 aliphatic rings. The van der Waals surface area contributed by atoms with E-state index in [1.54, 1.807) is 6.07 Å². The molecule has 13 heavy (non-hydrogen) atoms. The highest BCUT2D eigenvalue weighted by atomic mass is 16.5. The standard InChI is InChI=1S/C10H15NO2/c1-6-4-5-8(13-3)10(12)9(6)7(2)11/h4-5,7,12H,11H2,1-3H3. The number of hydrogen-bond acceptors (Lipinski definition) is 3. The van der Waals surface area contributed by atoms with E-state index in [2.05, 4.69) is 0 Å². The van der Waals surface area contributed by atoms with Gasteiger partial charge in [0.05, 0.1) is 7.11 Å². The van der Waals surface area contributed by atoms with Crippen LogP contribution in [0.15, 0.2) is 12.1 Å². The maximum Gasteiger partial charge on any atom is 0.162 e. The van der Waals surface area contributed by atoms with E-state index in [0.29, 0.717) is 5.75 Å². The lowest BCUT2D eigenvalue weighted by Crippen LogP contribution is -2.07. The van der Waals surface area contributed by atoms with E-state index in [-0.39, 0.29) is 11.8 Å². The van der Waals surface area contributed by atoms with Crippen LogP contribution in [0.2, 0.25) is 0 Å². The SMILES string of the molecule is COc1ccc(C)c(C(C)N)c1O.